The highest BCUT2D eigenvalue weighted by atomic mass is 16.5. The summed E-state index contributed by atoms with van der Waals surface area (Å²) in [5, 5.41) is 7.92. The number of carbonyl (C=O) groups excluding carboxylic acids is 3. The van der Waals surface area contributed by atoms with Gasteiger partial charge in [0.25, 0.3) is 0 Å². The zero-order chi connectivity index (χ0) is 14.1. The van der Waals surface area contributed by atoms with Gasteiger partial charge in [-0.05, 0) is 13.8 Å². The molecule has 0 aromatic rings. The summed E-state index contributed by atoms with van der Waals surface area (Å²) in [6.07, 6.45) is 0. The number of esters is 1. The van der Waals surface area contributed by atoms with E-state index in [1.54, 1.807) is 0 Å². The normalized spacial score (nSPS) is 11.8. The Morgan fingerprint density at radius 1 is 1.17 bits per heavy atom. The van der Waals surface area contributed by atoms with Gasteiger partial charge >= 0.3 is 5.97 Å². The number of hydrogen-bond acceptors (Lipinski definition) is 5. The Morgan fingerprint density at radius 3 is 2.22 bits per heavy atom. The third kappa shape index (κ3) is 7.61. The highest BCUT2D eigenvalue weighted by molar-refractivity contribution is 5.83. The maximum Gasteiger partial charge on any atom is 0.329 e. The second-order valence-corrected chi connectivity index (χ2v) is 4.13. The van der Waals surface area contributed by atoms with E-state index >= 15 is 0 Å². The van der Waals surface area contributed by atoms with Crippen LogP contribution in [0.5, 0.6) is 0 Å². The molecule has 7 nitrogen and oxygen atoms in total. The Labute approximate surface area is 107 Å². The lowest BCUT2D eigenvalue weighted by molar-refractivity contribution is -0.144. The highest BCUT2D eigenvalue weighted by Crippen LogP contribution is 1.87. The van der Waals surface area contributed by atoms with Gasteiger partial charge in [-0.3, -0.25) is 9.59 Å². The van der Waals surface area contributed by atoms with Crippen molar-refractivity contribution in [3.8, 4) is 0 Å². The molecule has 0 aromatic heterocycles. The molecular weight excluding hydrogens is 238 g/mol. The molecule has 7 heteroatoms. The first-order chi connectivity index (χ1) is 8.36. The Kier molecular flexibility index (Phi) is 7.69. The molecule has 3 N–H and O–H groups in total. The topological polar surface area (TPSA) is 96.5 Å². The van der Waals surface area contributed by atoms with Crippen LogP contribution in [0.25, 0.3) is 0 Å². The molecule has 0 aliphatic rings. The van der Waals surface area contributed by atoms with Crippen LogP contribution in [0.4, 0.5) is 0 Å². The van der Waals surface area contributed by atoms with E-state index in [1.807, 2.05) is 13.8 Å². The maximum atomic E-state index is 11.3. The van der Waals surface area contributed by atoms with E-state index in [9.17, 15) is 14.4 Å². The average molecular weight is 259 g/mol. The minimum Gasteiger partial charge on any atom is -0.467 e. The SMILES string of the molecule is COC(=O)C(CNCC(=O)NC(C)C)NC(C)=O. The first-order valence-corrected chi connectivity index (χ1v) is 5.71. The molecule has 0 saturated heterocycles. The Balaban J connectivity index is 4.07. The van der Waals surface area contributed by atoms with Crippen LogP contribution in [0.15, 0.2) is 0 Å². The van der Waals surface area contributed by atoms with E-state index in [2.05, 4.69) is 20.7 Å². The molecule has 0 radical (unpaired) electrons. The molecule has 0 aliphatic carbocycles. The predicted molar refractivity (Wildman–Crippen MR) is 65.8 cm³/mol. The largest absolute Gasteiger partial charge is 0.467 e. The minimum absolute atomic E-state index is 0.0612. The lowest BCUT2D eigenvalue weighted by Crippen LogP contribution is -2.49. The predicted octanol–water partition coefficient (Wildman–Crippen LogP) is -1.22. The lowest BCUT2D eigenvalue weighted by atomic mass is 10.3. The van der Waals surface area contributed by atoms with Crippen molar-refractivity contribution in [3.63, 3.8) is 0 Å². The number of hydrogen-bond donors (Lipinski definition) is 3. The van der Waals surface area contributed by atoms with Crippen molar-refractivity contribution < 1.29 is 19.1 Å². The molecule has 2 amide bonds. The molecule has 0 aromatic carbocycles. The molecular formula is C11H21N3O4. The molecule has 0 rings (SSSR count). The van der Waals surface area contributed by atoms with Gasteiger partial charge in [-0.15, -0.1) is 0 Å². The van der Waals surface area contributed by atoms with E-state index in [1.165, 1.54) is 14.0 Å². The number of rotatable bonds is 7. The van der Waals surface area contributed by atoms with Crippen LogP contribution in [-0.4, -0.2) is 50.1 Å². The van der Waals surface area contributed by atoms with Gasteiger partial charge in [-0.1, -0.05) is 0 Å². The van der Waals surface area contributed by atoms with Gasteiger partial charge in [-0.25, -0.2) is 4.79 Å². The Morgan fingerprint density at radius 2 is 1.78 bits per heavy atom. The minimum atomic E-state index is -0.792. The standard InChI is InChI=1S/C11H21N3O4/c1-7(2)13-10(16)6-12-5-9(11(17)18-4)14-8(3)15/h7,9,12H,5-6H2,1-4H3,(H,13,16)(H,14,15). The zero-order valence-corrected chi connectivity index (χ0v) is 11.2. The quantitative estimate of drug-likeness (QED) is 0.498. The monoisotopic (exact) mass is 259 g/mol. The Bertz CT molecular complexity index is 305. The fraction of sp³-hybridized carbons (Fsp3) is 0.727. The Hall–Kier alpha value is -1.63. The molecule has 1 unspecified atom stereocenters. The number of nitrogens with one attached hydrogen (secondary N) is 3. The molecule has 0 fully saturated rings. The van der Waals surface area contributed by atoms with Crippen LogP contribution >= 0.6 is 0 Å². The zero-order valence-electron chi connectivity index (χ0n) is 11.2. The van der Waals surface area contributed by atoms with Gasteiger partial charge in [-0.2, -0.15) is 0 Å². The number of ether oxygens (including phenoxy) is 1. The number of carbonyl (C=O) groups is 3. The van der Waals surface area contributed by atoms with Crippen LogP contribution in [0.3, 0.4) is 0 Å². The van der Waals surface area contributed by atoms with Crippen molar-refractivity contribution in [1.29, 1.82) is 0 Å². The smallest absolute Gasteiger partial charge is 0.329 e. The van der Waals surface area contributed by atoms with E-state index in [-0.39, 0.29) is 30.9 Å². The first-order valence-electron chi connectivity index (χ1n) is 5.71. The third-order valence-corrected chi connectivity index (χ3v) is 1.95. The summed E-state index contributed by atoms with van der Waals surface area (Å²) in [5.41, 5.74) is 0. The van der Waals surface area contributed by atoms with Gasteiger partial charge in [0.1, 0.15) is 6.04 Å². The first kappa shape index (κ1) is 16.4. The highest BCUT2D eigenvalue weighted by Gasteiger charge is 2.19. The lowest BCUT2D eigenvalue weighted by Gasteiger charge is -2.16. The summed E-state index contributed by atoms with van der Waals surface area (Å²) in [4.78, 5) is 33.5. The molecule has 1 atom stereocenters. The van der Waals surface area contributed by atoms with Crippen molar-refractivity contribution in [2.45, 2.75) is 32.9 Å². The molecule has 18 heavy (non-hydrogen) atoms. The summed E-state index contributed by atoms with van der Waals surface area (Å²) >= 11 is 0. The second kappa shape index (κ2) is 8.46. The molecule has 0 aliphatic heterocycles. The summed E-state index contributed by atoms with van der Waals surface area (Å²) in [6.45, 7) is 5.23. The van der Waals surface area contributed by atoms with E-state index in [0.29, 0.717) is 0 Å². The van der Waals surface area contributed by atoms with Crippen molar-refractivity contribution in [3.05, 3.63) is 0 Å². The summed E-state index contributed by atoms with van der Waals surface area (Å²) in [7, 11) is 1.24. The summed E-state index contributed by atoms with van der Waals surface area (Å²) in [5.74, 6) is -1.06. The summed E-state index contributed by atoms with van der Waals surface area (Å²) in [6, 6.07) is -0.731. The fourth-order valence-corrected chi connectivity index (χ4v) is 1.28. The maximum absolute atomic E-state index is 11.3. The van der Waals surface area contributed by atoms with Crippen molar-refractivity contribution in [2.75, 3.05) is 20.2 Å². The molecule has 0 bridgehead atoms. The van der Waals surface area contributed by atoms with Crippen LogP contribution < -0.4 is 16.0 Å². The van der Waals surface area contributed by atoms with Crippen LogP contribution in [-0.2, 0) is 19.1 Å². The summed E-state index contributed by atoms with van der Waals surface area (Å²) < 4.78 is 4.54. The fourth-order valence-electron chi connectivity index (χ4n) is 1.28. The van der Waals surface area contributed by atoms with E-state index in [0.717, 1.165) is 0 Å². The number of amides is 2. The van der Waals surface area contributed by atoms with Crippen molar-refractivity contribution >= 4 is 17.8 Å². The molecule has 0 saturated carbocycles. The van der Waals surface area contributed by atoms with E-state index in [4.69, 9.17) is 0 Å². The van der Waals surface area contributed by atoms with Crippen molar-refractivity contribution in [2.24, 2.45) is 0 Å². The van der Waals surface area contributed by atoms with Crippen LogP contribution in [0, 0.1) is 0 Å². The van der Waals surface area contributed by atoms with Crippen LogP contribution in [0.2, 0.25) is 0 Å². The van der Waals surface area contributed by atoms with Crippen molar-refractivity contribution in [1.82, 2.24) is 16.0 Å². The van der Waals surface area contributed by atoms with Gasteiger partial charge in [0, 0.05) is 19.5 Å². The van der Waals surface area contributed by atoms with Gasteiger partial charge in [0.05, 0.1) is 13.7 Å². The molecule has 0 spiro atoms. The number of methoxy groups -OCH3 is 1. The molecule has 104 valence electrons. The van der Waals surface area contributed by atoms with Gasteiger partial charge in [0.2, 0.25) is 11.8 Å². The second-order valence-electron chi connectivity index (χ2n) is 4.13. The van der Waals surface area contributed by atoms with Crippen LogP contribution in [0.1, 0.15) is 20.8 Å². The molecule has 0 heterocycles. The third-order valence-electron chi connectivity index (χ3n) is 1.95. The average Bonchev–Trinajstić information content (AvgIpc) is 2.25. The van der Waals surface area contributed by atoms with Gasteiger partial charge < -0.3 is 20.7 Å². The van der Waals surface area contributed by atoms with Gasteiger partial charge in [0.15, 0.2) is 0 Å². The van der Waals surface area contributed by atoms with E-state index < -0.39 is 12.0 Å².